The molecule has 37 heavy (non-hydrogen) atoms. The molecular weight excluding hydrogens is 520 g/mol. The summed E-state index contributed by atoms with van der Waals surface area (Å²) in [6, 6.07) is 14.0. The Kier molecular flexibility index (Phi) is 7.00. The number of hydrogen-bond donors (Lipinski definition) is 2. The van der Waals surface area contributed by atoms with Crippen molar-refractivity contribution in [3.63, 3.8) is 0 Å². The van der Waals surface area contributed by atoms with Crippen LogP contribution in [0.4, 0.5) is 5.69 Å². The fourth-order valence-electron chi connectivity index (χ4n) is 4.25. The van der Waals surface area contributed by atoms with Crippen molar-refractivity contribution in [2.75, 3.05) is 19.1 Å². The summed E-state index contributed by atoms with van der Waals surface area (Å²) in [5.74, 6) is -1.63. The second kappa shape index (κ2) is 9.89. The highest BCUT2D eigenvalue weighted by Gasteiger charge is 2.47. The van der Waals surface area contributed by atoms with E-state index in [0.29, 0.717) is 16.9 Å². The Morgan fingerprint density at radius 2 is 1.62 bits per heavy atom. The molecule has 192 valence electrons. The van der Waals surface area contributed by atoms with Crippen molar-refractivity contribution in [3.8, 4) is 11.5 Å². The number of aliphatic hydroxyl groups excluding tert-OH is 1. The van der Waals surface area contributed by atoms with E-state index in [4.69, 9.17) is 26.2 Å². The number of carbonyl (C=O) groups is 2. The number of nitrogens with zero attached hydrogens (tertiary/aromatic N) is 1. The van der Waals surface area contributed by atoms with E-state index in [1.807, 2.05) is 0 Å². The van der Waals surface area contributed by atoms with Crippen LogP contribution in [0, 0.1) is 6.92 Å². The van der Waals surface area contributed by atoms with Gasteiger partial charge in [-0.05, 0) is 66.6 Å². The molecule has 1 aliphatic rings. The van der Waals surface area contributed by atoms with Crippen LogP contribution < -0.4 is 19.5 Å². The van der Waals surface area contributed by atoms with Gasteiger partial charge in [0.25, 0.3) is 11.7 Å². The third kappa shape index (κ3) is 4.78. The van der Waals surface area contributed by atoms with Gasteiger partial charge in [0.15, 0.2) is 0 Å². The molecule has 0 radical (unpaired) electrons. The minimum absolute atomic E-state index is 0.141. The number of ether oxygens (including phenoxy) is 2. The highest BCUT2D eigenvalue weighted by Crippen LogP contribution is 2.44. The van der Waals surface area contributed by atoms with Crippen LogP contribution >= 0.6 is 11.6 Å². The maximum atomic E-state index is 13.4. The number of halogens is 1. The molecule has 1 heterocycles. The summed E-state index contributed by atoms with van der Waals surface area (Å²) < 4.78 is 34.0. The van der Waals surface area contributed by atoms with Crippen LogP contribution in [-0.2, 0) is 19.6 Å². The molecule has 1 atom stereocenters. The molecule has 0 saturated carbocycles. The summed E-state index contributed by atoms with van der Waals surface area (Å²) >= 11 is 6.32. The number of carbonyl (C=O) groups excluding carboxylic acids is 2. The van der Waals surface area contributed by atoms with E-state index in [9.17, 15) is 23.1 Å². The average Bonchev–Trinajstić information content (AvgIpc) is 3.13. The van der Waals surface area contributed by atoms with Crippen LogP contribution in [0.5, 0.6) is 11.5 Å². The monoisotopic (exact) mass is 542 g/mol. The predicted octanol–water partition coefficient (Wildman–Crippen LogP) is 3.94. The largest absolute Gasteiger partial charge is 0.507 e. The molecule has 1 fully saturated rings. The third-order valence-corrected chi connectivity index (χ3v) is 7.18. The quantitative estimate of drug-likeness (QED) is 0.273. The van der Waals surface area contributed by atoms with Crippen LogP contribution in [0.1, 0.15) is 22.7 Å². The number of aliphatic hydroxyl groups is 1. The lowest BCUT2D eigenvalue weighted by atomic mass is 9.94. The van der Waals surface area contributed by atoms with Gasteiger partial charge in [0.2, 0.25) is 10.0 Å². The first kappa shape index (κ1) is 26.2. The van der Waals surface area contributed by atoms with E-state index >= 15 is 0 Å². The molecule has 1 unspecified atom stereocenters. The molecule has 1 saturated heterocycles. The molecule has 11 heteroatoms. The molecular formula is C26H23ClN2O7S. The maximum Gasteiger partial charge on any atom is 0.300 e. The third-order valence-electron chi connectivity index (χ3n) is 5.97. The van der Waals surface area contributed by atoms with Gasteiger partial charge >= 0.3 is 0 Å². The Hall–Kier alpha value is -3.86. The van der Waals surface area contributed by atoms with Gasteiger partial charge in [-0.1, -0.05) is 23.7 Å². The SMILES string of the molecule is COc1ccc(C2/C(=C(\O)c3cc(C)cc(Cl)c3OC)C(=O)C(=O)N2c2ccc(S(N)(=O)=O)cc2)cc1. The Morgan fingerprint density at radius 1 is 1.00 bits per heavy atom. The van der Waals surface area contributed by atoms with Gasteiger partial charge in [0, 0.05) is 5.69 Å². The normalized spacial score (nSPS) is 17.2. The predicted molar refractivity (Wildman–Crippen MR) is 138 cm³/mol. The molecule has 1 aliphatic heterocycles. The molecule has 9 nitrogen and oxygen atoms in total. The Labute approximate surface area is 218 Å². The van der Waals surface area contributed by atoms with Gasteiger partial charge in [-0.3, -0.25) is 14.5 Å². The molecule has 0 spiro atoms. The smallest absolute Gasteiger partial charge is 0.300 e. The Bertz CT molecular complexity index is 1530. The second-order valence-electron chi connectivity index (χ2n) is 8.31. The number of hydrogen-bond acceptors (Lipinski definition) is 7. The minimum Gasteiger partial charge on any atom is -0.507 e. The minimum atomic E-state index is -3.98. The molecule has 4 rings (SSSR count). The number of aryl methyl sites for hydroxylation is 1. The average molecular weight is 543 g/mol. The zero-order valence-corrected chi connectivity index (χ0v) is 21.6. The zero-order chi connectivity index (χ0) is 27.1. The second-order valence-corrected chi connectivity index (χ2v) is 10.3. The van der Waals surface area contributed by atoms with Gasteiger partial charge in [0.05, 0.1) is 41.3 Å². The molecule has 0 bridgehead atoms. The number of methoxy groups -OCH3 is 2. The summed E-state index contributed by atoms with van der Waals surface area (Å²) in [5, 5.41) is 16.9. The number of sulfonamides is 1. The van der Waals surface area contributed by atoms with E-state index in [0.717, 1.165) is 0 Å². The number of nitrogens with two attached hydrogens (primary N) is 1. The highest BCUT2D eigenvalue weighted by molar-refractivity contribution is 7.89. The number of Topliss-reactive ketones (excluding diaryl/α,β-unsaturated/α-hetero) is 1. The first-order chi connectivity index (χ1) is 17.5. The highest BCUT2D eigenvalue weighted by atomic mass is 35.5. The number of ketones is 1. The van der Waals surface area contributed by atoms with Crippen LogP contribution in [0.3, 0.4) is 0 Å². The van der Waals surface area contributed by atoms with Crippen molar-refractivity contribution in [2.24, 2.45) is 5.14 Å². The van der Waals surface area contributed by atoms with E-state index in [-0.39, 0.29) is 32.5 Å². The Balaban J connectivity index is 1.97. The number of amides is 1. The van der Waals surface area contributed by atoms with Crippen LogP contribution in [0.15, 0.2) is 71.1 Å². The van der Waals surface area contributed by atoms with E-state index in [2.05, 4.69) is 0 Å². The standard InChI is InChI=1S/C26H23ClN2O7S/c1-14-12-19(25(36-3)20(27)13-14)23(30)21-22(15-4-8-17(35-2)9-5-15)29(26(32)24(21)31)16-6-10-18(11-7-16)37(28,33)34/h4-13,22,30H,1-3H3,(H2,28,33,34)/b23-21+. The van der Waals surface area contributed by atoms with Gasteiger partial charge in [-0.15, -0.1) is 0 Å². The number of benzene rings is 3. The molecule has 3 aromatic rings. The van der Waals surface area contributed by atoms with Crippen molar-refractivity contribution in [3.05, 3.63) is 87.9 Å². The van der Waals surface area contributed by atoms with E-state index in [1.54, 1.807) is 43.3 Å². The number of primary sulfonamides is 1. The lowest BCUT2D eigenvalue weighted by molar-refractivity contribution is -0.132. The van der Waals surface area contributed by atoms with Gasteiger partial charge < -0.3 is 14.6 Å². The first-order valence-corrected chi connectivity index (χ1v) is 12.8. The summed E-state index contributed by atoms with van der Waals surface area (Å²) in [6.45, 7) is 1.76. The van der Waals surface area contributed by atoms with E-state index < -0.39 is 33.5 Å². The van der Waals surface area contributed by atoms with Crippen LogP contribution in [0.25, 0.3) is 5.76 Å². The molecule has 3 aromatic carbocycles. The molecule has 0 aliphatic carbocycles. The van der Waals surface area contributed by atoms with Crippen molar-refractivity contribution in [2.45, 2.75) is 17.9 Å². The summed E-state index contributed by atoms with van der Waals surface area (Å²) in [4.78, 5) is 27.7. The lowest BCUT2D eigenvalue weighted by Gasteiger charge is -2.26. The van der Waals surface area contributed by atoms with Crippen molar-refractivity contribution >= 4 is 44.8 Å². The van der Waals surface area contributed by atoms with Gasteiger partial charge in [-0.2, -0.15) is 0 Å². The number of rotatable bonds is 6. The van der Waals surface area contributed by atoms with E-state index in [1.165, 1.54) is 43.4 Å². The van der Waals surface area contributed by atoms with Gasteiger partial charge in [0.1, 0.15) is 17.3 Å². The summed E-state index contributed by atoms with van der Waals surface area (Å²) in [5.41, 5.74) is 1.37. The first-order valence-electron chi connectivity index (χ1n) is 10.9. The Morgan fingerprint density at radius 3 is 2.16 bits per heavy atom. The van der Waals surface area contributed by atoms with Crippen LogP contribution in [-0.4, -0.2) is 39.4 Å². The van der Waals surface area contributed by atoms with Crippen molar-refractivity contribution < 1.29 is 32.6 Å². The molecule has 1 amide bonds. The molecule has 0 aromatic heterocycles. The summed E-state index contributed by atoms with van der Waals surface area (Å²) in [6.07, 6.45) is 0. The van der Waals surface area contributed by atoms with Crippen LogP contribution in [0.2, 0.25) is 5.02 Å². The van der Waals surface area contributed by atoms with Crippen molar-refractivity contribution in [1.29, 1.82) is 0 Å². The maximum absolute atomic E-state index is 13.4. The lowest BCUT2D eigenvalue weighted by Crippen LogP contribution is -2.29. The van der Waals surface area contributed by atoms with Gasteiger partial charge in [-0.25, -0.2) is 13.6 Å². The number of anilines is 1. The topological polar surface area (TPSA) is 136 Å². The molecule has 3 N–H and O–H groups in total. The zero-order valence-electron chi connectivity index (χ0n) is 20.1. The summed E-state index contributed by atoms with van der Waals surface area (Å²) in [7, 11) is -1.10. The van der Waals surface area contributed by atoms with Crippen molar-refractivity contribution in [1.82, 2.24) is 0 Å². The fourth-order valence-corrected chi connectivity index (χ4v) is 5.12. The fraction of sp³-hybridized carbons (Fsp3) is 0.154.